The van der Waals surface area contributed by atoms with E-state index in [1.165, 1.54) is 70.6 Å². The highest BCUT2D eigenvalue weighted by molar-refractivity contribution is 5.82. The minimum Gasteiger partial charge on any atom is -0.369 e. The molecule has 2 nitrogen and oxygen atoms in total. The molecule has 2 N–H and O–H groups in total. The Kier molecular flexibility index (Phi) is 14.1. The van der Waals surface area contributed by atoms with E-state index in [4.69, 9.17) is 5.73 Å². The summed E-state index contributed by atoms with van der Waals surface area (Å²) in [6.45, 7) is 2.27. The number of amides is 1. The van der Waals surface area contributed by atoms with Crippen LogP contribution >= 0.6 is 0 Å². The van der Waals surface area contributed by atoms with Gasteiger partial charge in [0.2, 0.25) is 5.91 Å². The minimum absolute atomic E-state index is 0.280. The average Bonchev–Trinajstić information content (AvgIpc) is 2.34. The molecule has 18 heavy (non-hydrogen) atoms. The van der Waals surface area contributed by atoms with Gasteiger partial charge in [-0.3, -0.25) is 4.79 Å². The zero-order chi connectivity index (χ0) is 13.5. The zero-order valence-electron chi connectivity index (χ0n) is 12.3. The largest absolute Gasteiger partial charge is 0.369 e. The van der Waals surface area contributed by atoms with Crippen LogP contribution in [-0.4, -0.2) is 5.91 Å². The van der Waals surface area contributed by atoms with Crippen molar-refractivity contribution in [1.82, 2.24) is 0 Å². The molecule has 0 saturated heterocycles. The van der Waals surface area contributed by atoms with Crippen molar-refractivity contribution in [3.63, 3.8) is 0 Å². The molecule has 0 bridgehead atoms. The Hall–Kier alpha value is -0.530. The van der Waals surface area contributed by atoms with E-state index in [9.17, 15) is 4.79 Å². The van der Waals surface area contributed by atoms with Crippen LogP contribution < -0.4 is 5.73 Å². The number of unbranched alkanes of at least 4 members (excludes halogenated alkanes) is 12. The predicted molar refractivity (Wildman–Crippen MR) is 79.2 cm³/mol. The lowest BCUT2D eigenvalue weighted by molar-refractivity contribution is -0.115. The number of hydrogen-bond acceptors (Lipinski definition) is 1. The summed E-state index contributed by atoms with van der Waals surface area (Å²) < 4.78 is 0. The van der Waals surface area contributed by atoms with Crippen molar-refractivity contribution < 1.29 is 4.79 Å². The Morgan fingerprint density at radius 1 is 0.778 bits per heavy atom. The van der Waals surface area contributed by atoms with E-state index in [1.807, 2.05) is 0 Å². The van der Waals surface area contributed by atoms with Gasteiger partial charge in [0.05, 0.1) is 0 Å². The van der Waals surface area contributed by atoms with Crippen molar-refractivity contribution in [1.29, 1.82) is 0 Å². The molecule has 0 aliphatic heterocycles. The van der Waals surface area contributed by atoms with Gasteiger partial charge >= 0.3 is 0 Å². The van der Waals surface area contributed by atoms with E-state index in [1.54, 1.807) is 6.42 Å². The molecule has 0 rings (SSSR count). The molecule has 1 amide bonds. The Morgan fingerprint density at radius 3 is 1.56 bits per heavy atom. The molecule has 0 aromatic rings. The quantitative estimate of drug-likeness (QED) is 0.446. The Labute approximate surface area is 114 Å². The second kappa shape index (κ2) is 14.5. The number of nitrogens with two attached hydrogens (primary N) is 1. The SMILES string of the molecule is CCCCCCCCCCCCCC[CH]C(N)=O. The van der Waals surface area contributed by atoms with Crippen LogP contribution in [0.2, 0.25) is 0 Å². The Bertz CT molecular complexity index is 180. The van der Waals surface area contributed by atoms with Crippen LogP contribution in [0.4, 0.5) is 0 Å². The van der Waals surface area contributed by atoms with Gasteiger partial charge in [0.25, 0.3) is 0 Å². The van der Waals surface area contributed by atoms with Crippen LogP contribution in [0.15, 0.2) is 0 Å². The first-order valence-corrected chi connectivity index (χ1v) is 7.90. The number of rotatable bonds is 14. The van der Waals surface area contributed by atoms with Crippen LogP contribution in [0, 0.1) is 6.42 Å². The van der Waals surface area contributed by atoms with Gasteiger partial charge < -0.3 is 5.73 Å². The monoisotopic (exact) mass is 254 g/mol. The van der Waals surface area contributed by atoms with Crippen molar-refractivity contribution in [3.05, 3.63) is 6.42 Å². The van der Waals surface area contributed by atoms with Gasteiger partial charge in [-0.2, -0.15) is 0 Å². The van der Waals surface area contributed by atoms with Gasteiger partial charge in [-0.1, -0.05) is 84.0 Å². The van der Waals surface area contributed by atoms with E-state index >= 15 is 0 Å². The molecular formula is C16H32NO. The molecule has 0 spiro atoms. The lowest BCUT2D eigenvalue weighted by Gasteiger charge is -2.02. The average molecular weight is 254 g/mol. The van der Waals surface area contributed by atoms with Crippen LogP contribution in [0.1, 0.15) is 90.4 Å². The molecule has 0 aromatic heterocycles. The molecular weight excluding hydrogens is 222 g/mol. The predicted octanol–water partition coefficient (Wildman–Crippen LogP) is 4.77. The van der Waals surface area contributed by atoms with Crippen LogP contribution in [0.25, 0.3) is 0 Å². The molecule has 2 heteroatoms. The minimum atomic E-state index is -0.280. The lowest BCUT2D eigenvalue weighted by Crippen LogP contribution is -2.10. The summed E-state index contributed by atoms with van der Waals surface area (Å²) in [5, 5.41) is 0. The maximum absolute atomic E-state index is 10.5. The second-order valence-corrected chi connectivity index (χ2v) is 5.28. The van der Waals surface area contributed by atoms with E-state index in [2.05, 4.69) is 6.92 Å². The summed E-state index contributed by atoms with van der Waals surface area (Å²) in [6, 6.07) is 0. The molecule has 0 unspecified atom stereocenters. The molecule has 0 saturated carbocycles. The number of carbonyl (C=O) groups excluding carboxylic acids is 1. The summed E-state index contributed by atoms with van der Waals surface area (Å²) >= 11 is 0. The Balaban J connectivity index is 2.92. The van der Waals surface area contributed by atoms with Crippen LogP contribution in [0.5, 0.6) is 0 Å². The van der Waals surface area contributed by atoms with Gasteiger partial charge in [0, 0.05) is 6.42 Å². The summed E-state index contributed by atoms with van der Waals surface area (Å²) in [6.07, 6.45) is 18.7. The first-order chi connectivity index (χ1) is 8.77. The third-order valence-corrected chi connectivity index (χ3v) is 3.40. The standard InChI is InChI=1S/C16H32NO/c1-2-3-4-5-6-7-8-9-10-11-12-13-14-15-16(17)18/h15H,2-14H2,1H3,(H2,17,18). The fraction of sp³-hybridized carbons (Fsp3) is 0.875. The summed E-state index contributed by atoms with van der Waals surface area (Å²) in [5.74, 6) is -0.280. The summed E-state index contributed by atoms with van der Waals surface area (Å²) in [5.41, 5.74) is 5.04. The normalized spacial score (nSPS) is 10.7. The third-order valence-electron chi connectivity index (χ3n) is 3.40. The van der Waals surface area contributed by atoms with Crippen molar-refractivity contribution in [3.8, 4) is 0 Å². The van der Waals surface area contributed by atoms with E-state index < -0.39 is 0 Å². The molecule has 0 atom stereocenters. The third kappa shape index (κ3) is 15.5. The van der Waals surface area contributed by atoms with Crippen LogP contribution in [0.3, 0.4) is 0 Å². The second-order valence-electron chi connectivity index (χ2n) is 5.28. The lowest BCUT2D eigenvalue weighted by atomic mass is 10.0. The number of carbonyl (C=O) groups is 1. The summed E-state index contributed by atoms with van der Waals surface area (Å²) in [4.78, 5) is 10.5. The van der Waals surface area contributed by atoms with Crippen molar-refractivity contribution in [2.45, 2.75) is 90.4 Å². The zero-order valence-corrected chi connectivity index (χ0v) is 12.3. The molecule has 0 aliphatic rings. The van der Waals surface area contributed by atoms with Gasteiger partial charge in [-0.15, -0.1) is 0 Å². The molecule has 0 fully saturated rings. The number of primary amides is 1. The van der Waals surface area contributed by atoms with Gasteiger partial charge in [0.15, 0.2) is 0 Å². The topological polar surface area (TPSA) is 43.1 Å². The van der Waals surface area contributed by atoms with Crippen molar-refractivity contribution >= 4 is 5.91 Å². The van der Waals surface area contributed by atoms with Crippen molar-refractivity contribution in [2.75, 3.05) is 0 Å². The molecule has 0 aliphatic carbocycles. The van der Waals surface area contributed by atoms with Gasteiger partial charge in [0.1, 0.15) is 0 Å². The first kappa shape index (κ1) is 17.5. The molecule has 1 radical (unpaired) electrons. The maximum Gasteiger partial charge on any atom is 0.221 e. The van der Waals surface area contributed by atoms with Crippen molar-refractivity contribution in [2.24, 2.45) is 5.73 Å². The highest BCUT2D eigenvalue weighted by Crippen LogP contribution is 2.12. The van der Waals surface area contributed by atoms with E-state index in [0.717, 1.165) is 12.8 Å². The molecule has 0 aromatic carbocycles. The van der Waals surface area contributed by atoms with Gasteiger partial charge in [-0.25, -0.2) is 0 Å². The van der Waals surface area contributed by atoms with E-state index in [-0.39, 0.29) is 5.91 Å². The van der Waals surface area contributed by atoms with E-state index in [0.29, 0.717) is 0 Å². The maximum atomic E-state index is 10.5. The number of hydrogen-bond donors (Lipinski definition) is 1. The summed E-state index contributed by atoms with van der Waals surface area (Å²) in [7, 11) is 0. The molecule has 107 valence electrons. The fourth-order valence-electron chi connectivity index (χ4n) is 2.23. The smallest absolute Gasteiger partial charge is 0.221 e. The van der Waals surface area contributed by atoms with Gasteiger partial charge in [-0.05, 0) is 6.42 Å². The first-order valence-electron chi connectivity index (χ1n) is 7.90. The molecule has 0 heterocycles. The highest BCUT2D eigenvalue weighted by Gasteiger charge is 1.96. The highest BCUT2D eigenvalue weighted by atomic mass is 16.1. The van der Waals surface area contributed by atoms with Crippen LogP contribution in [-0.2, 0) is 4.79 Å². The fourth-order valence-corrected chi connectivity index (χ4v) is 2.23. The Morgan fingerprint density at radius 2 is 1.17 bits per heavy atom.